The second-order valence-electron chi connectivity index (χ2n) is 5.13. The number of quaternary nitrogens is 1. The van der Waals surface area contributed by atoms with Gasteiger partial charge in [0, 0.05) is 6.08 Å². The highest BCUT2D eigenvalue weighted by atomic mass is 16.5. The Morgan fingerprint density at radius 2 is 1.74 bits per heavy atom. The van der Waals surface area contributed by atoms with Gasteiger partial charge in [-0.1, -0.05) is 6.08 Å². The second-order valence-corrected chi connectivity index (χ2v) is 5.13. The van der Waals surface area contributed by atoms with Crippen molar-refractivity contribution in [2.45, 2.75) is 18.9 Å². The van der Waals surface area contributed by atoms with Crippen molar-refractivity contribution in [3.8, 4) is 0 Å². The maximum atomic E-state index is 11.4. The van der Waals surface area contributed by atoms with E-state index in [-0.39, 0.29) is 12.8 Å². The van der Waals surface area contributed by atoms with E-state index in [1.165, 1.54) is 0 Å². The lowest BCUT2D eigenvalue weighted by molar-refractivity contribution is -0.873. The van der Waals surface area contributed by atoms with Gasteiger partial charge in [0.25, 0.3) is 0 Å². The van der Waals surface area contributed by atoms with E-state index in [4.69, 9.17) is 14.9 Å². The predicted octanol–water partition coefficient (Wildman–Crippen LogP) is 0.110. The SMILES string of the molecule is C[N+](C)(C)CC(CC(=O)O)OC(=O)/C=C/CC(=O)O. The van der Waals surface area contributed by atoms with Gasteiger partial charge in [0.05, 0.1) is 34.0 Å². The third-order valence-electron chi connectivity index (χ3n) is 1.98. The van der Waals surface area contributed by atoms with Gasteiger partial charge in [-0.3, -0.25) is 9.59 Å². The van der Waals surface area contributed by atoms with Crippen molar-refractivity contribution < 1.29 is 33.8 Å². The maximum absolute atomic E-state index is 11.4. The molecule has 7 heteroatoms. The van der Waals surface area contributed by atoms with Gasteiger partial charge in [0.2, 0.25) is 0 Å². The van der Waals surface area contributed by atoms with Crippen LogP contribution in [-0.2, 0) is 19.1 Å². The molecule has 0 heterocycles. The smallest absolute Gasteiger partial charge is 0.330 e. The van der Waals surface area contributed by atoms with Gasteiger partial charge in [-0.2, -0.15) is 0 Å². The Hall–Kier alpha value is -1.89. The molecule has 0 aromatic rings. The largest absolute Gasteiger partial charge is 0.481 e. The number of aliphatic carboxylic acids is 2. The van der Waals surface area contributed by atoms with Crippen LogP contribution in [0, 0.1) is 0 Å². The Morgan fingerprint density at radius 1 is 1.16 bits per heavy atom. The number of carbonyl (C=O) groups is 3. The number of rotatable bonds is 8. The summed E-state index contributed by atoms with van der Waals surface area (Å²) in [4.78, 5) is 32.3. The van der Waals surface area contributed by atoms with Gasteiger partial charge in [-0.25, -0.2) is 4.79 Å². The fourth-order valence-corrected chi connectivity index (χ4v) is 1.41. The van der Waals surface area contributed by atoms with E-state index in [1.54, 1.807) is 0 Å². The van der Waals surface area contributed by atoms with E-state index in [2.05, 4.69) is 0 Å². The fraction of sp³-hybridized carbons (Fsp3) is 0.583. The molecule has 0 radical (unpaired) electrons. The minimum atomic E-state index is -1.06. The highest BCUT2D eigenvalue weighted by Gasteiger charge is 2.23. The van der Waals surface area contributed by atoms with Crippen molar-refractivity contribution in [2.24, 2.45) is 0 Å². The van der Waals surface area contributed by atoms with Crippen LogP contribution in [0.4, 0.5) is 0 Å². The molecule has 19 heavy (non-hydrogen) atoms. The predicted molar refractivity (Wildman–Crippen MR) is 66.4 cm³/mol. The number of ether oxygens (including phenoxy) is 1. The molecule has 0 amide bonds. The zero-order chi connectivity index (χ0) is 15.1. The lowest BCUT2D eigenvalue weighted by Crippen LogP contribution is -2.43. The van der Waals surface area contributed by atoms with Crippen LogP contribution in [-0.4, -0.2) is 66.4 Å². The lowest BCUT2D eigenvalue weighted by Gasteiger charge is -2.28. The van der Waals surface area contributed by atoms with Crippen LogP contribution in [0.1, 0.15) is 12.8 Å². The molecule has 0 spiro atoms. The van der Waals surface area contributed by atoms with Gasteiger partial charge >= 0.3 is 17.9 Å². The minimum absolute atomic E-state index is 0.284. The van der Waals surface area contributed by atoms with Crippen molar-refractivity contribution in [1.82, 2.24) is 0 Å². The molecule has 1 unspecified atom stereocenters. The molecule has 1 atom stereocenters. The summed E-state index contributed by atoms with van der Waals surface area (Å²) in [5.41, 5.74) is 0. The van der Waals surface area contributed by atoms with Crippen LogP contribution in [0.2, 0.25) is 0 Å². The van der Waals surface area contributed by atoms with Crippen LogP contribution in [0.25, 0.3) is 0 Å². The van der Waals surface area contributed by atoms with Crippen LogP contribution in [0.15, 0.2) is 12.2 Å². The van der Waals surface area contributed by atoms with Crippen molar-refractivity contribution in [3.05, 3.63) is 12.2 Å². The zero-order valence-electron chi connectivity index (χ0n) is 11.3. The number of carbonyl (C=O) groups excluding carboxylic acids is 1. The molecule has 0 aliphatic heterocycles. The summed E-state index contributed by atoms with van der Waals surface area (Å²) in [6.07, 6.45) is 0.842. The van der Waals surface area contributed by atoms with Gasteiger partial charge in [0.1, 0.15) is 6.54 Å². The summed E-state index contributed by atoms with van der Waals surface area (Å²) in [6, 6.07) is 0. The number of likely N-dealkylation sites (N-methyl/N-ethyl adjacent to an activating group) is 1. The molecule has 0 aromatic heterocycles. The molecule has 0 fully saturated rings. The normalized spacial score (nSPS) is 13.2. The summed E-state index contributed by atoms with van der Waals surface area (Å²) in [5, 5.41) is 17.1. The molecule has 0 aliphatic rings. The van der Waals surface area contributed by atoms with Crippen molar-refractivity contribution >= 4 is 17.9 Å². The molecule has 0 aliphatic carbocycles. The summed E-state index contributed by atoms with van der Waals surface area (Å²) in [7, 11) is 5.55. The van der Waals surface area contributed by atoms with Crippen molar-refractivity contribution in [1.29, 1.82) is 0 Å². The summed E-state index contributed by atoms with van der Waals surface area (Å²) in [6.45, 7) is 0.352. The number of carboxylic acids is 2. The third kappa shape index (κ3) is 11.0. The first-order valence-corrected chi connectivity index (χ1v) is 5.71. The molecule has 0 saturated heterocycles. The standard InChI is InChI=1S/C12H19NO6/c1-13(2,3)8-9(7-11(16)17)19-12(18)6-4-5-10(14)15/h4,6,9H,5,7-8H2,1-3H3,(H-,14,15,16,17)/p+1/b6-4+. The molecule has 0 bridgehead atoms. The Morgan fingerprint density at radius 3 is 2.16 bits per heavy atom. The molecular formula is C12H20NO6+. The first-order chi connectivity index (χ1) is 8.60. The van der Waals surface area contributed by atoms with Gasteiger partial charge in [-0.15, -0.1) is 0 Å². The number of nitrogens with zero attached hydrogens (tertiary/aromatic N) is 1. The second kappa shape index (κ2) is 7.52. The summed E-state index contributed by atoms with van der Waals surface area (Å²) in [5.74, 6) is -2.85. The van der Waals surface area contributed by atoms with Crippen LogP contribution >= 0.6 is 0 Å². The van der Waals surface area contributed by atoms with E-state index in [0.717, 1.165) is 12.2 Å². The Balaban J connectivity index is 4.46. The minimum Gasteiger partial charge on any atom is -0.481 e. The molecule has 0 aromatic carbocycles. The van der Waals surface area contributed by atoms with Gasteiger partial charge in [-0.05, 0) is 0 Å². The van der Waals surface area contributed by atoms with E-state index < -0.39 is 24.0 Å². The van der Waals surface area contributed by atoms with Crippen LogP contribution in [0.5, 0.6) is 0 Å². The van der Waals surface area contributed by atoms with Gasteiger partial charge < -0.3 is 19.4 Å². The number of esters is 1. The Labute approximate surface area is 111 Å². The lowest BCUT2D eigenvalue weighted by atomic mass is 10.2. The third-order valence-corrected chi connectivity index (χ3v) is 1.98. The topological polar surface area (TPSA) is 101 Å². The molecular weight excluding hydrogens is 254 g/mol. The van der Waals surface area contributed by atoms with E-state index in [9.17, 15) is 14.4 Å². The Kier molecular flexibility index (Phi) is 6.78. The number of hydrogen-bond acceptors (Lipinski definition) is 4. The monoisotopic (exact) mass is 274 g/mol. The van der Waals surface area contributed by atoms with Crippen molar-refractivity contribution in [2.75, 3.05) is 27.7 Å². The highest BCUT2D eigenvalue weighted by Crippen LogP contribution is 2.06. The Bertz CT molecular complexity index is 369. The van der Waals surface area contributed by atoms with Crippen molar-refractivity contribution in [3.63, 3.8) is 0 Å². The maximum Gasteiger partial charge on any atom is 0.330 e. The zero-order valence-corrected chi connectivity index (χ0v) is 11.3. The van der Waals surface area contributed by atoms with E-state index >= 15 is 0 Å². The molecule has 7 nitrogen and oxygen atoms in total. The van der Waals surface area contributed by atoms with Crippen LogP contribution in [0.3, 0.4) is 0 Å². The number of carboxylic acid groups (broad SMARTS) is 2. The molecule has 0 saturated carbocycles. The molecule has 0 rings (SSSR count). The van der Waals surface area contributed by atoms with E-state index in [0.29, 0.717) is 11.0 Å². The number of hydrogen-bond donors (Lipinski definition) is 2. The average molecular weight is 274 g/mol. The average Bonchev–Trinajstić information content (AvgIpc) is 2.12. The fourth-order valence-electron chi connectivity index (χ4n) is 1.41. The van der Waals surface area contributed by atoms with Gasteiger partial charge in [0.15, 0.2) is 6.10 Å². The summed E-state index contributed by atoms with van der Waals surface area (Å²) >= 11 is 0. The van der Waals surface area contributed by atoms with E-state index in [1.807, 2.05) is 21.1 Å². The summed E-state index contributed by atoms with van der Waals surface area (Å²) < 4.78 is 5.45. The molecule has 2 N–H and O–H groups in total. The highest BCUT2D eigenvalue weighted by molar-refractivity contribution is 5.83. The molecule has 108 valence electrons. The first-order valence-electron chi connectivity index (χ1n) is 5.71. The first kappa shape index (κ1) is 17.1. The van der Waals surface area contributed by atoms with Crippen LogP contribution < -0.4 is 0 Å². The quantitative estimate of drug-likeness (QED) is 0.370.